The van der Waals surface area contributed by atoms with Crippen molar-refractivity contribution in [3.8, 4) is 0 Å². The molecule has 0 aliphatic heterocycles. The fraction of sp³-hybridized carbons (Fsp3) is 0.667. The largest absolute Gasteiger partial charge is 0.350 e. The molecule has 2 saturated carbocycles. The molecule has 2 aliphatic rings. The predicted octanol–water partition coefficient (Wildman–Crippen LogP) is 3.54. The quantitative estimate of drug-likeness (QED) is 0.876. The van der Waals surface area contributed by atoms with Gasteiger partial charge in [0.25, 0.3) is 5.91 Å². The predicted molar refractivity (Wildman–Crippen MR) is 107 cm³/mol. The summed E-state index contributed by atoms with van der Waals surface area (Å²) in [5, 5.41) is 11.9. The lowest BCUT2D eigenvalue weighted by atomic mass is 9.95. The molecule has 0 saturated heterocycles. The standard InChI is InChI=1S/C21H31N5O/c1-25(2)21(12-6-7-13-21)15-22-20(27)16-10-11-19-18(14-16)23-24-26(19)17-8-4-3-5-9-17/h10-11,14,17H,3-9,12-13,15H2,1-2H3,(H,22,27). The topological polar surface area (TPSA) is 63.1 Å². The summed E-state index contributed by atoms with van der Waals surface area (Å²) >= 11 is 0. The van der Waals surface area contributed by atoms with E-state index in [2.05, 4.69) is 39.3 Å². The van der Waals surface area contributed by atoms with E-state index in [9.17, 15) is 4.79 Å². The van der Waals surface area contributed by atoms with Gasteiger partial charge >= 0.3 is 0 Å². The van der Waals surface area contributed by atoms with E-state index in [1.54, 1.807) is 0 Å². The van der Waals surface area contributed by atoms with E-state index in [4.69, 9.17) is 0 Å². The number of carbonyl (C=O) groups excluding carboxylic acids is 1. The second-order valence-corrected chi connectivity index (χ2v) is 8.54. The number of rotatable bonds is 5. The highest BCUT2D eigenvalue weighted by atomic mass is 16.1. The first-order valence-corrected chi connectivity index (χ1v) is 10.4. The lowest BCUT2D eigenvalue weighted by Crippen LogP contribution is -2.50. The van der Waals surface area contributed by atoms with Crippen molar-refractivity contribution in [2.45, 2.75) is 69.4 Å². The Kier molecular flexibility index (Phi) is 5.17. The van der Waals surface area contributed by atoms with E-state index >= 15 is 0 Å². The number of benzene rings is 1. The molecule has 27 heavy (non-hydrogen) atoms. The van der Waals surface area contributed by atoms with Crippen LogP contribution in [0.4, 0.5) is 0 Å². The van der Waals surface area contributed by atoms with Crippen LogP contribution in [0.3, 0.4) is 0 Å². The summed E-state index contributed by atoms with van der Waals surface area (Å²) in [6.07, 6.45) is 11.0. The molecule has 6 heteroatoms. The van der Waals surface area contributed by atoms with Crippen molar-refractivity contribution in [1.29, 1.82) is 0 Å². The molecule has 0 atom stereocenters. The van der Waals surface area contributed by atoms with Gasteiger partial charge in [-0.1, -0.05) is 37.3 Å². The molecule has 4 rings (SSSR count). The van der Waals surface area contributed by atoms with E-state index in [0.717, 1.165) is 23.9 Å². The minimum Gasteiger partial charge on any atom is -0.350 e. The zero-order valence-corrected chi connectivity index (χ0v) is 16.6. The molecule has 1 aromatic heterocycles. The molecule has 0 spiro atoms. The zero-order valence-electron chi connectivity index (χ0n) is 16.6. The van der Waals surface area contributed by atoms with E-state index in [-0.39, 0.29) is 11.4 Å². The van der Waals surface area contributed by atoms with Gasteiger partial charge in [-0.2, -0.15) is 0 Å². The third-order valence-corrected chi connectivity index (χ3v) is 6.71. The first kappa shape index (κ1) is 18.4. The number of amides is 1. The summed E-state index contributed by atoms with van der Waals surface area (Å²) in [5.74, 6) is -0.0164. The molecule has 0 radical (unpaired) electrons. The van der Waals surface area contributed by atoms with Gasteiger partial charge in [-0.05, 0) is 58.0 Å². The van der Waals surface area contributed by atoms with Crippen LogP contribution in [-0.4, -0.2) is 52.0 Å². The Bertz CT molecular complexity index is 800. The van der Waals surface area contributed by atoms with Gasteiger partial charge in [0, 0.05) is 17.6 Å². The van der Waals surface area contributed by atoms with Gasteiger partial charge in [-0.15, -0.1) is 5.10 Å². The SMILES string of the molecule is CN(C)C1(CNC(=O)c2ccc3c(c2)nnn3C2CCCCC2)CCCC1. The third-order valence-electron chi connectivity index (χ3n) is 6.71. The van der Waals surface area contributed by atoms with Gasteiger partial charge in [0.05, 0.1) is 11.6 Å². The molecule has 0 unspecified atom stereocenters. The van der Waals surface area contributed by atoms with Gasteiger partial charge in [0.15, 0.2) is 0 Å². The van der Waals surface area contributed by atoms with Crippen LogP contribution in [0.15, 0.2) is 18.2 Å². The summed E-state index contributed by atoms with van der Waals surface area (Å²) in [4.78, 5) is 15.0. The Balaban J connectivity index is 1.48. The number of hydrogen-bond donors (Lipinski definition) is 1. The van der Waals surface area contributed by atoms with Crippen molar-refractivity contribution < 1.29 is 4.79 Å². The summed E-state index contributed by atoms with van der Waals surface area (Å²) in [6, 6.07) is 6.26. The molecule has 1 N–H and O–H groups in total. The highest BCUT2D eigenvalue weighted by Gasteiger charge is 2.36. The highest BCUT2D eigenvalue weighted by Crippen LogP contribution is 2.33. The Hall–Kier alpha value is -1.95. The Morgan fingerprint density at radius 3 is 2.63 bits per heavy atom. The minimum absolute atomic E-state index is 0.0164. The fourth-order valence-corrected chi connectivity index (χ4v) is 4.84. The Morgan fingerprint density at radius 1 is 1.19 bits per heavy atom. The maximum absolute atomic E-state index is 12.7. The molecular weight excluding hydrogens is 338 g/mol. The van der Waals surface area contributed by atoms with Crippen molar-refractivity contribution in [2.75, 3.05) is 20.6 Å². The van der Waals surface area contributed by atoms with Crippen LogP contribution in [0.25, 0.3) is 11.0 Å². The number of hydrogen-bond acceptors (Lipinski definition) is 4. The van der Waals surface area contributed by atoms with Crippen LogP contribution in [0.2, 0.25) is 0 Å². The molecule has 1 heterocycles. The van der Waals surface area contributed by atoms with Gasteiger partial charge in [0.1, 0.15) is 5.52 Å². The zero-order chi connectivity index (χ0) is 18.9. The summed E-state index contributed by atoms with van der Waals surface area (Å²) in [5.41, 5.74) is 2.63. The maximum Gasteiger partial charge on any atom is 0.251 e. The first-order valence-electron chi connectivity index (χ1n) is 10.4. The normalized spacial score (nSPS) is 20.4. The van der Waals surface area contributed by atoms with E-state index in [1.807, 2.05) is 18.2 Å². The fourth-order valence-electron chi connectivity index (χ4n) is 4.84. The first-order chi connectivity index (χ1) is 13.1. The van der Waals surface area contributed by atoms with Crippen molar-refractivity contribution in [3.05, 3.63) is 23.8 Å². The van der Waals surface area contributed by atoms with Crippen molar-refractivity contribution >= 4 is 16.9 Å². The third kappa shape index (κ3) is 3.59. The molecule has 0 bridgehead atoms. The molecule has 146 valence electrons. The molecule has 2 aromatic rings. The highest BCUT2D eigenvalue weighted by molar-refractivity contribution is 5.97. The summed E-state index contributed by atoms with van der Waals surface area (Å²) in [7, 11) is 4.24. The van der Waals surface area contributed by atoms with Gasteiger partial charge in [0.2, 0.25) is 0 Å². The maximum atomic E-state index is 12.7. The number of carbonyl (C=O) groups is 1. The number of aromatic nitrogens is 3. The number of fused-ring (bicyclic) bond motifs is 1. The molecule has 1 aromatic carbocycles. The van der Waals surface area contributed by atoms with Crippen molar-refractivity contribution in [2.24, 2.45) is 0 Å². The monoisotopic (exact) mass is 369 g/mol. The molecular formula is C21H31N5O. The van der Waals surface area contributed by atoms with Crippen molar-refractivity contribution in [1.82, 2.24) is 25.2 Å². The smallest absolute Gasteiger partial charge is 0.251 e. The minimum atomic E-state index is -0.0164. The second-order valence-electron chi connectivity index (χ2n) is 8.54. The van der Waals surface area contributed by atoms with E-state index < -0.39 is 0 Å². The van der Waals surface area contributed by atoms with Crippen LogP contribution in [0.5, 0.6) is 0 Å². The Morgan fingerprint density at radius 2 is 1.93 bits per heavy atom. The van der Waals surface area contributed by atoms with Gasteiger partial charge < -0.3 is 10.2 Å². The number of nitrogens with zero attached hydrogens (tertiary/aromatic N) is 4. The summed E-state index contributed by atoms with van der Waals surface area (Å²) < 4.78 is 2.07. The second kappa shape index (κ2) is 7.58. The van der Waals surface area contributed by atoms with Crippen molar-refractivity contribution in [3.63, 3.8) is 0 Å². The van der Waals surface area contributed by atoms with Gasteiger partial charge in [-0.3, -0.25) is 4.79 Å². The van der Waals surface area contributed by atoms with Crippen LogP contribution in [0.1, 0.15) is 74.2 Å². The molecule has 1 amide bonds. The summed E-state index contributed by atoms with van der Waals surface area (Å²) in [6.45, 7) is 0.700. The molecule has 6 nitrogen and oxygen atoms in total. The Labute approximate surface area is 161 Å². The van der Waals surface area contributed by atoms with E-state index in [0.29, 0.717) is 18.2 Å². The lowest BCUT2D eigenvalue weighted by Gasteiger charge is -2.36. The molecule has 2 aliphatic carbocycles. The van der Waals surface area contributed by atoms with E-state index in [1.165, 1.54) is 44.9 Å². The average Bonchev–Trinajstić information content (AvgIpc) is 3.34. The number of likely N-dealkylation sites (N-methyl/N-ethyl adjacent to an activating group) is 1. The average molecular weight is 370 g/mol. The van der Waals surface area contributed by atoms with Crippen LogP contribution in [-0.2, 0) is 0 Å². The molecule has 2 fully saturated rings. The van der Waals surface area contributed by atoms with Crippen LogP contribution < -0.4 is 5.32 Å². The van der Waals surface area contributed by atoms with Gasteiger partial charge in [-0.25, -0.2) is 4.68 Å². The lowest BCUT2D eigenvalue weighted by molar-refractivity contribution is 0.0900. The van der Waals surface area contributed by atoms with Crippen LogP contribution in [0, 0.1) is 0 Å². The number of nitrogens with one attached hydrogen (secondary N) is 1. The van der Waals surface area contributed by atoms with Crippen LogP contribution >= 0.6 is 0 Å².